The van der Waals surface area contributed by atoms with E-state index in [1.54, 1.807) is 0 Å². The first-order valence-corrected chi connectivity index (χ1v) is 7.03. The summed E-state index contributed by atoms with van der Waals surface area (Å²) in [4.78, 5) is 22.5. The molecule has 21 heavy (non-hydrogen) atoms. The summed E-state index contributed by atoms with van der Waals surface area (Å²) in [5, 5.41) is 23.0. The number of nitrogens with one attached hydrogen (secondary N) is 1. The minimum absolute atomic E-state index is 0.0469. The first-order chi connectivity index (χ1) is 9.99. The van der Waals surface area contributed by atoms with Crippen LogP contribution < -0.4 is 11.1 Å². The van der Waals surface area contributed by atoms with Gasteiger partial charge in [-0.25, -0.2) is 0 Å². The number of nitrogens with zero attached hydrogens (tertiary/aromatic N) is 1. The molecule has 1 aromatic rings. The first-order valence-electron chi connectivity index (χ1n) is 7.03. The summed E-state index contributed by atoms with van der Waals surface area (Å²) in [7, 11) is 0. The molecule has 1 amide bonds. The Bertz CT molecular complexity index is 547. The van der Waals surface area contributed by atoms with Gasteiger partial charge >= 0.3 is 0 Å². The number of rotatable bonds is 3. The second kappa shape index (κ2) is 6.53. The Kier molecular flexibility index (Phi) is 4.74. The van der Waals surface area contributed by atoms with E-state index in [1.165, 1.54) is 12.1 Å². The SMILES string of the molecule is NC1CCCCCC1C(=O)Nc1cc([N+](=O)[O-])ccc1O. The topological polar surface area (TPSA) is 118 Å². The average Bonchev–Trinajstić information content (AvgIpc) is 2.65. The van der Waals surface area contributed by atoms with Crippen LogP contribution in [0.5, 0.6) is 5.75 Å². The number of phenolic OH excluding ortho intramolecular Hbond substituents is 1. The summed E-state index contributed by atoms with van der Waals surface area (Å²) in [6.07, 6.45) is 4.49. The van der Waals surface area contributed by atoms with E-state index in [9.17, 15) is 20.0 Å². The van der Waals surface area contributed by atoms with Crippen LogP contribution in [-0.4, -0.2) is 22.0 Å². The Balaban J connectivity index is 2.14. The van der Waals surface area contributed by atoms with Gasteiger partial charge < -0.3 is 16.2 Å². The fraction of sp³-hybridized carbons (Fsp3) is 0.500. The van der Waals surface area contributed by atoms with Gasteiger partial charge in [-0.05, 0) is 18.9 Å². The largest absolute Gasteiger partial charge is 0.506 e. The molecule has 4 N–H and O–H groups in total. The van der Waals surface area contributed by atoms with Crippen LogP contribution in [0.15, 0.2) is 18.2 Å². The monoisotopic (exact) mass is 293 g/mol. The van der Waals surface area contributed by atoms with Gasteiger partial charge in [-0.15, -0.1) is 0 Å². The number of amides is 1. The summed E-state index contributed by atoms with van der Waals surface area (Å²) >= 11 is 0. The van der Waals surface area contributed by atoms with Crippen molar-refractivity contribution >= 4 is 17.3 Å². The van der Waals surface area contributed by atoms with Gasteiger partial charge in [0.05, 0.1) is 16.5 Å². The van der Waals surface area contributed by atoms with Crippen LogP contribution in [0.25, 0.3) is 0 Å². The molecule has 0 aromatic heterocycles. The van der Waals surface area contributed by atoms with Crippen molar-refractivity contribution in [3.8, 4) is 5.75 Å². The number of phenols is 1. The van der Waals surface area contributed by atoms with Gasteiger partial charge in [-0.1, -0.05) is 19.3 Å². The second-order valence-electron chi connectivity index (χ2n) is 5.36. The molecule has 0 bridgehead atoms. The third-order valence-corrected chi connectivity index (χ3v) is 3.86. The van der Waals surface area contributed by atoms with Crippen molar-refractivity contribution in [1.82, 2.24) is 0 Å². The van der Waals surface area contributed by atoms with Crippen LogP contribution in [0, 0.1) is 16.0 Å². The maximum absolute atomic E-state index is 12.3. The molecule has 2 atom stereocenters. The standard InChI is InChI=1S/C14H19N3O4/c15-11-5-3-1-2-4-10(11)14(19)16-12-8-9(17(20)21)6-7-13(12)18/h6-8,10-11,18H,1-5,15H2,(H,16,19). The van der Waals surface area contributed by atoms with Gasteiger partial charge in [0.25, 0.3) is 5.69 Å². The van der Waals surface area contributed by atoms with Gasteiger partial charge in [-0.2, -0.15) is 0 Å². The highest BCUT2D eigenvalue weighted by Gasteiger charge is 2.27. The molecule has 7 heteroatoms. The Morgan fingerprint density at radius 3 is 2.76 bits per heavy atom. The quantitative estimate of drug-likeness (QED) is 0.341. The molecule has 114 valence electrons. The van der Waals surface area contributed by atoms with Gasteiger partial charge in [0, 0.05) is 18.2 Å². The van der Waals surface area contributed by atoms with Gasteiger partial charge in [0.15, 0.2) is 0 Å². The van der Waals surface area contributed by atoms with Crippen LogP contribution in [0.1, 0.15) is 32.1 Å². The lowest BCUT2D eigenvalue weighted by atomic mass is 9.94. The van der Waals surface area contributed by atoms with E-state index >= 15 is 0 Å². The van der Waals surface area contributed by atoms with E-state index in [0.717, 1.165) is 31.7 Å². The molecule has 2 rings (SSSR count). The average molecular weight is 293 g/mol. The van der Waals surface area contributed by atoms with Gasteiger partial charge in [-0.3, -0.25) is 14.9 Å². The molecule has 0 saturated heterocycles. The van der Waals surface area contributed by atoms with E-state index in [2.05, 4.69) is 5.32 Å². The number of non-ortho nitro benzene ring substituents is 1. The molecule has 1 saturated carbocycles. The minimum atomic E-state index is -0.577. The van der Waals surface area contributed by atoms with Crippen molar-refractivity contribution in [3.63, 3.8) is 0 Å². The number of carbonyl (C=O) groups excluding carboxylic acids is 1. The van der Waals surface area contributed by atoms with Crippen molar-refractivity contribution < 1.29 is 14.8 Å². The minimum Gasteiger partial charge on any atom is -0.506 e. The molecule has 1 aliphatic carbocycles. The number of aromatic hydroxyl groups is 1. The zero-order valence-electron chi connectivity index (χ0n) is 11.6. The maximum atomic E-state index is 12.3. The van der Waals surface area contributed by atoms with Crippen molar-refractivity contribution in [2.45, 2.75) is 38.1 Å². The molecule has 2 unspecified atom stereocenters. The van der Waals surface area contributed by atoms with Crippen LogP contribution in [0.3, 0.4) is 0 Å². The predicted octanol–water partition coefficient (Wildman–Crippen LogP) is 2.15. The molecule has 0 spiro atoms. The third kappa shape index (κ3) is 3.69. The highest BCUT2D eigenvalue weighted by atomic mass is 16.6. The summed E-state index contributed by atoms with van der Waals surface area (Å²) < 4.78 is 0. The zero-order chi connectivity index (χ0) is 15.4. The summed E-state index contributed by atoms with van der Waals surface area (Å²) in [5.41, 5.74) is 5.88. The maximum Gasteiger partial charge on any atom is 0.271 e. The summed E-state index contributed by atoms with van der Waals surface area (Å²) in [6, 6.07) is 3.31. The molecule has 0 heterocycles. The molecular formula is C14H19N3O4. The van der Waals surface area contributed by atoms with Crippen LogP contribution in [0.4, 0.5) is 11.4 Å². The third-order valence-electron chi connectivity index (χ3n) is 3.86. The highest BCUT2D eigenvalue weighted by molar-refractivity contribution is 5.94. The van der Waals surface area contributed by atoms with E-state index in [4.69, 9.17) is 5.73 Å². The van der Waals surface area contributed by atoms with Crippen LogP contribution >= 0.6 is 0 Å². The Morgan fingerprint density at radius 1 is 1.33 bits per heavy atom. The summed E-state index contributed by atoms with van der Waals surface area (Å²) in [5.74, 6) is -0.817. The van der Waals surface area contributed by atoms with Gasteiger partial charge in [0.2, 0.25) is 5.91 Å². The number of nitrogens with two attached hydrogens (primary N) is 1. The highest BCUT2D eigenvalue weighted by Crippen LogP contribution is 2.30. The predicted molar refractivity (Wildman–Crippen MR) is 77.9 cm³/mol. The number of nitro groups is 1. The number of hydrogen-bond donors (Lipinski definition) is 3. The first kappa shape index (κ1) is 15.2. The van der Waals surface area contributed by atoms with E-state index in [1.807, 2.05) is 0 Å². The second-order valence-corrected chi connectivity index (χ2v) is 5.36. The summed E-state index contributed by atoms with van der Waals surface area (Å²) in [6.45, 7) is 0. The molecule has 0 aliphatic heterocycles. The number of hydrogen-bond acceptors (Lipinski definition) is 5. The van der Waals surface area contributed by atoms with E-state index in [-0.39, 0.29) is 35.0 Å². The van der Waals surface area contributed by atoms with Gasteiger partial charge in [0.1, 0.15) is 5.75 Å². The molecule has 1 aromatic carbocycles. The molecule has 1 fully saturated rings. The normalized spacial score (nSPS) is 22.3. The number of nitro benzene ring substituents is 1. The molecule has 1 aliphatic rings. The molecule has 0 radical (unpaired) electrons. The van der Waals surface area contributed by atoms with Crippen molar-refractivity contribution in [2.75, 3.05) is 5.32 Å². The van der Waals surface area contributed by atoms with E-state index < -0.39 is 4.92 Å². The Labute approximate surface area is 122 Å². The van der Waals surface area contributed by atoms with Crippen LogP contribution in [-0.2, 0) is 4.79 Å². The zero-order valence-corrected chi connectivity index (χ0v) is 11.6. The molecule has 7 nitrogen and oxygen atoms in total. The van der Waals surface area contributed by atoms with Crippen LogP contribution in [0.2, 0.25) is 0 Å². The Morgan fingerprint density at radius 2 is 2.05 bits per heavy atom. The number of benzene rings is 1. The number of carbonyl (C=O) groups is 1. The fourth-order valence-electron chi connectivity index (χ4n) is 2.62. The Hall–Kier alpha value is -2.15. The fourth-order valence-corrected chi connectivity index (χ4v) is 2.62. The van der Waals surface area contributed by atoms with Crippen molar-refractivity contribution in [1.29, 1.82) is 0 Å². The smallest absolute Gasteiger partial charge is 0.271 e. The lowest BCUT2D eigenvalue weighted by molar-refractivity contribution is -0.384. The van der Waals surface area contributed by atoms with E-state index in [0.29, 0.717) is 6.42 Å². The van der Waals surface area contributed by atoms with Crippen molar-refractivity contribution in [3.05, 3.63) is 28.3 Å². The number of anilines is 1. The lowest BCUT2D eigenvalue weighted by Gasteiger charge is -2.20. The van der Waals surface area contributed by atoms with Crippen molar-refractivity contribution in [2.24, 2.45) is 11.7 Å². The lowest BCUT2D eigenvalue weighted by Crippen LogP contribution is -2.37. The molecular weight excluding hydrogens is 274 g/mol.